The molecule has 104 valence electrons. The maximum atomic E-state index is 7.43. The first kappa shape index (κ1) is 13.5. The molecule has 0 saturated carbocycles. The van der Waals surface area contributed by atoms with Gasteiger partial charge in [0.2, 0.25) is 0 Å². The van der Waals surface area contributed by atoms with Gasteiger partial charge in [0.25, 0.3) is 0 Å². The van der Waals surface area contributed by atoms with Gasteiger partial charge < -0.3 is 4.90 Å². The van der Waals surface area contributed by atoms with Crippen LogP contribution in [0.4, 0.5) is 5.69 Å². The van der Waals surface area contributed by atoms with Crippen LogP contribution in [0, 0.1) is 13.5 Å². The lowest BCUT2D eigenvalue weighted by molar-refractivity contribution is 0.956. The molecule has 21 heavy (non-hydrogen) atoms. The van der Waals surface area contributed by atoms with E-state index in [0.717, 1.165) is 24.1 Å². The first-order valence-corrected chi connectivity index (χ1v) is 7.17. The minimum Gasteiger partial charge on any atom is -0.374 e. The van der Waals surface area contributed by atoms with Crippen molar-refractivity contribution in [2.75, 3.05) is 18.5 Å². The lowest BCUT2D eigenvalue weighted by Crippen LogP contribution is -2.12. The van der Waals surface area contributed by atoms with Crippen molar-refractivity contribution < 1.29 is 0 Å². The number of likely N-dealkylation sites (N-methyl/N-ethyl adjacent to an activating group) is 1. The first-order chi connectivity index (χ1) is 10.2. The molecule has 0 atom stereocenters. The fourth-order valence-electron chi connectivity index (χ4n) is 2.74. The molecule has 0 aromatic heterocycles. The van der Waals surface area contributed by atoms with Gasteiger partial charge in [-0.1, -0.05) is 42.0 Å². The van der Waals surface area contributed by atoms with Gasteiger partial charge in [0.15, 0.2) is 5.70 Å². The molecule has 0 aliphatic carbocycles. The summed E-state index contributed by atoms with van der Waals surface area (Å²) in [5.41, 5.74) is 6.68. The van der Waals surface area contributed by atoms with E-state index in [1.165, 1.54) is 16.8 Å². The van der Waals surface area contributed by atoms with E-state index in [0.29, 0.717) is 5.70 Å². The number of hydrogen-bond donors (Lipinski definition) is 0. The highest BCUT2D eigenvalue weighted by atomic mass is 15.1. The van der Waals surface area contributed by atoms with Crippen molar-refractivity contribution in [3.63, 3.8) is 0 Å². The van der Waals surface area contributed by atoms with Gasteiger partial charge in [0.1, 0.15) is 0 Å². The highest BCUT2D eigenvalue weighted by molar-refractivity contribution is 5.85. The van der Waals surface area contributed by atoms with E-state index < -0.39 is 0 Å². The van der Waals surface area contributed by atoms with Crippen molar-refractivity contribution in [2.24, 2.45) is 0 Å². The Kier molecular flexibility index (Phi) is 3.50. The van der Waals surface area contributed by atoms with Gasteiger partial charge >= 0.3 is 0 Å². The summed E-state index contributed by atoms with van der Waals surface area (Å²) in [4.78, 5) is 5.97. The van der Waals surface area contributed by atoms with Crippen LogP contribution in [0.15, 0.2) is 42.5 Å². The molecule has 3 rings (SSSR count). The van der Waals surface area contributed by atoms with E-state index in [1.807, 2.05) is 30.3 Å². The number of aryl methyl sites for hydroxylation is 1. The number of hydrogen-bond acceptors (Lipinski definition) is 1. The molecule has 1 heterocycles. The van der Waals surface area contributed by atoms with Crippen LogP contribution >= 0.6 is 0 Å². The summed E-state index contributed by atoms with van der Waals surface area (Å²) >= 11 is 0. The van der Waals surface area contributed by atoms with Crippen molar-refractivity contribution in [3.8, 4) is 0 Å². The SMILES string of the molecule is [C-]#[N+]/C(=C\c1ccc2c(c1)CCN2C)c1ccc(C)cc1. The normalized spacial score (nSPS) is 14.0. The van der Waals surface area contributed by atoms with Crippen molar-refractivity contribution in [2.45, 2.75) is 13.3 Å². The van der Waals surface area contributed by atoms with Gasteiger partial charge in [-0.05, 0) is 42.2 Å². The number of rotatable bonds is 2. The number of benzene rings is 2. The lowest BCUT2D eigenvalue weighted by atomic mass is 10.0. The maximum Gasteiger partial charge on any atom is 0.194 e. The fourth-order valence-corrected chi connectivity index (χ4v) is 2.74. The van der Waals surface area contributed by atoms with E-state index in [9.17, 15) is 0 Å². The van der Waals surface area contributed by atoms with E-state index in [1.54, 1.807) is 0 Å². The summed E-state index contributed by atoms with van der Waals surface area (Å²) in [5, 5.41) is 0. The smallest absolute Gasteiger partial charge is 0.194 e. The molecule has 0 amide bonds. The molecule has 2 aromatic rings. The van der Waals surface area contributed by atoms with Crippen molar-refractivity contribution >= 4 is 17.5 Å². The summed E-state index contributed by atoms with van der Waals surface area (Å²) in [7, 11) is 2.12. The van der Waals surface area contributed by atoms with Gasteiger partial charge in [-0.25, -0.2) is 4.85 Å². The van der Waals surface area contributed by atoms with Gasteiger partial charge in [-0.2, -0.15) is 0 Å². The molecule has 2 nitrogen and oxygen atoms in total. The summed E-state index contributed by atoms with van der Waals surface area (Å²) in [6, 6.07) is 14.6. The van der Waals surface area contributed by atoms with Crippen LogP contribution in [-0.4, -0.2) is 13.6 Å². The molecule has 0 radical (unpaired) electrons. The Morgan fingerprint density at radius 2 is 1.95 bits per heavy atom. The zero-order chi connectivity index (χ0) is 14.8. The zero-order valence-electron chi connectivity index (χ0n) is 12.4. The van der Waals surface area contributed by atoms with Gasteiger partial charge in [0, 0.05) is 19.3 Å². The molecule has 2 heteroatoms. The summed E-state index contributed by atoms with van der Waals surface area (Å²) < 4.78 is 0. The van der Waals surface area contributed by atoms with E-state index in [-0.39, 0.29) is 0 Å². The standard InChI is InChI=1S/C19H18N2/c1-14-4-7-16(8-5-14)18(20-2)13-15-6-9-19-17(12-15)10-11-21(19)3/h4-9,12-13H,10-11H2,1,3H3/b18-13-. The minimum absolute atomic E-state index is 0.696. The molecule has 0 unspecified atom stereocenters. The molecule has 0 spiro atoms. The summed E-state index contributed by atoms with van der Waals surface area (Å²) in [5.74, 6) is 0. The van der Waals surface area contributed by atoms with Crippen LogP contribution in [0.3, 0.4) is 0 Å². The Labute approximate surface area is 126 Å². The first-order valence-electron chi connectivity index (χ1n) is 7.17. The predicted molar refractivity (Wildman–Crippen MR) is 89.1 cm³/mol. The second kappa shape index (κ2) is 5.46. The number of anilines is 1. The number of fused-ring (bicyclic) bond motifs is 1. The second-order valence-electron chi connectivity index (χ2n) is 5.57. The van der Waals surface area contributed by atoms with Gasteiger partial charge in [-0.15, -0.1) is 0 Å². The Morgan fingerprint density at radius 3 is 2.67 bits per heavy atom. The van der Waals surface area contributed by atoms with E-state index in [4.69, 9.17) is 6.57 Å². The van der Waals surface area contributed by atoms with E-state index >= 15 is 0 Å². The second-order valence-corrected chi connectivity index (χ2v) is 5.57. The fraction of sp³-hybridized carbons (Fsp3) is 0.211. The molecule has 0 N–H and O–H groups in total. The molecule has 0 fully saturated rings. The van der Waals surface area contributed by atoms with Crippen LogP contribution in [0.2, 0.25) is 0 Å². The van der Waals surface area contributed by atoms with Crippen LogP contribution in [-0.2, 0) is 6.42 Å². The monoisotopic (exact) mass is 274 g/mol. The Balaban J connectivity index is 1.96. The van der Waals surface area contributed by atoms with Crippen molar-refractivity contribution in [3.05, 3.63) is 76.1 Å². The third kappa shape index (κ3) is 2.68. The van der Waals surface area contributed by atoms with Crippen molar-refractivity contribution in [1.29, 1.82) is 0 Å². The Hall–Kier alpha value is -2.53. The van der Waals surface area contributed by atoms with Crippen LogP contribution in [0.1, 0.15) is 22.3 Å². The summed E-state index contributed by atoms with van der Waals surface area (Å²) in [6.07, 6.45) is 3.07. The molecular formula is C19H18N2. The zero-order valence-corrected chi connectivity index (χ0v) is 12.4. The molecular weight excluding hydrogens is 256 g/mol. The average molecular weight is 274 g/mol. The Morgan fingerprint density at radius 1 is 1.19 bits per heavy atom. The van der Waals surface area contributed by atoms with Gasteiger partial charge in [-0.3, -0.25) is 0 Å². The third-order valence-corrected chi connectivity index (χ3v) is 4.00. The summed E-state index contributed by atoms with van der Waals surface area (Å²) in [6.45, 7) is 10.6. The van der Waals surface area contributed by atoms with Crippen LogP contribution in [0.5, 0.6) is 0 Å². The quantitative estimate of drug-likeness (QED) is 0.581. The molecule has 0 bridgehead atoms. The van der Waals surface area contributed by atoms with Crippen LogP contribution < -0.4 is 4.90 Å². The third-order valence-electron chi connectivity index (χ3n) is 4.00. The average Bonchev–Trinajstić information content (AvgIpc) is 2.87. The molecule has 1 aliphatic rings. The highest BCUT2D eigenvalue weighted by Gasteiger charge is 2.15. The minimum atomic E-state index is 0.696. The molecule has 2 aromatic carbocycles. The van der Waals surface area contributed by atoms with E-state index in [2.05, 4.69) is 41.9 Å². The largest absolute Gasteiger partial charge is 0.374 e. The predicted octanol–water partition coefficient (Wildman–Crippen LogP) is 4.40. The Bertz CT molecular complexity index is 733. The molecule has 0 saturated heterocycles. The number of nitrogens with zero attached hydrogens (tertiary/aromatic N) is 2. The van der Waals surface area contributed by atoms with Crippen molar-refractivity contribution in [1.82, 2.24) is 0 Å². The molecule has 1 aliphatic heterocycles. The maximum absolute atomic E-state index is 7.43. The lowest BCUT2D eigenvalue weighted by Gasteiger charge is -2.11. The van der Waals surface area contributed by atoms with Crippen LogP contribution in [0.25, 0.3) is 16.6 Å². The van der Waals surface area contributed by atoms with Gasteiger partial charge in [0.05, 0.1) is 6.57 Å². The highest BCUT2D eigenvalue weighted by Crippen LogP contribution is 2.29. The topological polar surface area (TPSA) is 7.60 Å².